The molecule has 0 unspecified atom stereocenters. The SMILES string of the molecule is CCCCCOc1ccc(N(C(=O)C(=O)OC)c2nc(-c3ccc(F)cc3F)cs2)cc1C(F)(F)F. The van der Waals surface area contributed by atoms with Crippen LogP contribution >= 0.6 is 11.3 Å². The molecule has 36 heavy (non-hydrogen) atoms. The molecule has 12 heteroatoms. The van der Waals surface area contributed by atoms with Crippen LogP contribution in [0.15, 0.2) is 41.8 Å². The second-order valence-electron chi connectivity index (χ2n) is 7.51. The van der Waals surface area contributed by atoms with Crippen LogP contribution in [0.1, 0.15) is 31.7 Å². The van der Waals surface area contributed by atoms with E-state index in [0.717, 1.165) is 49.5 Å². The van der Waals surface area contributed by atoms with E-state index in [9.17, 15) is 31.5 Å². The zero-order valence-electron chi connectivity index (χ0n) is 19.2. The maximum atomic E-state index is 14.2. The van der Waals surface area contributed by atoms with Crippen molar-refractivity contribution < 1.29 is 41.0 Å². The first kappa shape index (κ1) is 27.1. The standard InChI is InChI=1S/C24H21F5N2O4S/c1-3-4-5-10-35-20-9-7-15(12-17(20)24(27,28)29)31(21(32)22(33)34-2)23-30-19(13-36-23)16-8-6-14(25)11-18(16)26/h6-9,11-13H,3-5,10H2,1-2H3. The molecule has 0 saturated heterocycles. The fourth-order valence-corrected chi connectivity index (χ4v) is 4.06. The van der Waals surface area contributed by atoms with Crippen LogP contribution in [0.4, 0.5) is 32.8 Å². The van der Waals surface area contributed by atoms with Gasteiger partial charge in [0.1, 0.15) is 17.4 Å². The number of benzene rings is 2. The van der Waals surface area contributed by atoms with Crippen molar-refractivity contribution in [1.29, 1.82) is 0 Å². The van der Waals surface area contributed by atoms with Crippen LogP contribution in [0.3, 0.4) is 0 Å². The van der Waals surface area contributed by atoms with Crippen molar-refractivity contribution >= 4 is 34.0 Å². The lowest BCUT2D eigenvalue weighted by Gasteiger charge is -2.21. The lowest BCUT2D eigenvalue weighted by molar-refractivity contribution is -0.151. The number of carbonyl (C=O) groups excluding carboxylic acids is 2. The highest BCUT2D eigenvalue weighted by Gasteiger charge is 2.37. The van der Waals surface area contributed by atoms with Crippen molar-refractivity contribution in [1.82, 2.24) is 4.98 Å². The number of amides is 1. The fourth-order valence-electron chi connectivity index (χ4n) is 3.22. The van der Waals surface area contributed by atoms with Gasteiger partial charge >= 0.3 is 18.1 Å². The minimum Gasteiger partial charge on any atom is -0.493 e. The number of nitrogens with zero attached hydrogens (tertiary/aromatic N) is 2. The number of carbonyl (C=O) groups is 2. The quantitative estimate of drug-likeness (QED) is 0.144. The highest BCUT2D eigenvalue weighted by Crippen LogP contribution is 2.41. The van der Waals surface area contributed by atoms with E-state index < -0.39 is 41.0 Å². The van der Waals surface area contributed by atoms with E-state index >= 15 is 0 Å². The molecule has 6 nitrogen and oxygen atoms in total. The first-order chi connectivity index (χ1) is 17.1. The summed E-state index contributed by atoms with van der Waals surface area (Å²) in [5, 5.41) is 1.09. The monoisotopic (exact) mass is 528 g/mol. The molecule has 0 bridgehead atoms. The van der Waals surface area contributed by atoms with E-state index in [4.69, 9.17) is 4.74 Å². The topological polar surface area (TPSA) is 68.7 Å². The number of ether oxygens (including phenoxy) is 2. The molecule has 0 spiro atoms. The van der Waals surface area contributed by atoms with Gasteiger partial charge in [0.2, 0.25) is 0 Å². The zero-order chi connectivity index (χ0) is 26.5. The number of alkyl halides is 3. The number of halogens is 5. The normalized spacial score (nSPS) is 11.3. The molecule has 0 fully saturated rings. The number of rotatable bonds is 8. The number of anilines is 2. The molecule has 2 aromatic carbocycles. The Morgan fingerprint density at radius 3 is 2.47 bits per heavy atom. The van der Waals surface area contributed by atoms with Gasteiger partial charge in [0, 0.05) is 17.0 Å². The summed E-state index contributed by atoms with van der Waals surface area (Å²) in [6.07, 6.45) is -2.63. The molecule has 0 atom stereocenters. The van der Waals surface area contributed by atoms with E-state index in [0.29, 0.717) is 23.5 Å². The minimum atomic E-state index is -4.83. The molecule has 1 aromatic heterocycles. The van der Waals surface area contributed by atoms with Crippen LogP contribution in [0, 0.1) is 11.6 Å². The summed E-state index contributed by atoms with van der Waals surface area (Å²) in [7, 11) is 0.938. The van der Waals surface area contributed by atoms with Gasteiger partial charge in [-0.3, -0.25) is 4.79 Å². The minimum absolute atomic E-state index is 0.0120. The maximum Gasteiger partial charge on any atom is 0.420 e. The van der Waals surface area contributed by atoms with Gasteiger partial charge in [0.05, 0.1) is 30.7 Å². The van der Waals surface area contributed by atoms with E-state index in [2.05, 4.69) is 9.72 Å². The number of methoxy groups -OCH3 is 1. The van der Waals surface area contributed by atoms with Crippen LogP contribution in [0.5, 0.6) is 5.75 Å². The molecule has 0 aliphatic rings. The first-order valence-electron chi connectivity index (χ1n) is 10.7. The van der Waals surface area contributed by atoms with Crippen LogP contribution in [-0.2, 0) is 20.5 Å². The third-order valence-electron chi connectivity index (χ3n) is 4.99. The summed E-state index contributed by atoms with van der Waals surface area (Å²) in [4.78, 5) is 29.6. The average molecular weight is 528 g/mol. The number of thiazole rings is 1. The smallest absolute Gasteiger partial charge is 0.420 e. The van der Waals surface area contributed by atoms with Gasteiger partial charge in [0.25, 0.3) is 0 Å². The Bertz CT molecular complexity index is 1250. The summed E-state index contributed by atoms with van der Waals surface area (Å²) in [5.74, 6) is -4.84. The number of aromatic nitrogens is 1. The zero-order valence-corrected chi connectivity index (χ0v) is 20.0. The fraction of sp³-hybridized carbons (Fsp3) is 0.292. The molecule has 0 aliphatic carbocycles. The summed E-state index contributed by atoms with van der Waals surface area (Å²) in [6, 6.07) is 5.66. The second kappa shape index (κ2) is 11.5. The van der Waals surface area contributed by atoms with Gasteiger partial charge in [-0.2, -0.15) is 13.2 Å². The van der Waals surface area contributed by atoms with Crippen LogP contribution < -0.4 is 9.64 Å². The van der Waals surface area contributed by atoms with Gasteiger partial charge in [-0.05, 0) is 36.8 Å². The molecule has 1 heterocycles. The molecule has 3 aromatic rings. The lowest BCUT2D eigenvalue weighted by atomic mass is 10.1. The van der Waals surface area contributed by atoms with Gasteiger partial charge in [0.15, 0.2) is 5.13 Å². The van der Waals surface area contributed by atoms with Gasteiger partial charge in [-0.15, -0.1) is 11.3 Å². The van der Waals surface area contributed by atoms with Crippen molar-refractivity contribution in [3.63, 3.8) is 0 Å². The Hall–Kier alpha value is -3.54. The summed E-state index contributed by atoms with van der Waals surface area (Å²) < 4.78 is 78.8. The molecule has 0 radical (unpaired) electrons. The van der Waals surface area contributed by atoms with Crippen LogP contribution in [0.2, 0.25) is 0 Å². The molecule has 0 N–H and O–H groups in total. The predicted octanol–water partition coefficient (Wildman–Crippen LogP) is 6.51. The largest absolute Gasteiger partial charge is 0.493 e. The second-order valence-corrected chi connectivity index (χ2v) is 8.34. The van der Waals surface area contributed by atoms with E-state index in [1.165, 1.54) is 11.4 Å². The average Bonchev–Trinajstić information content (AvgIpc) is 3.30. The molecule has 3 rings (SSSR count). The third-order valence-corrected chi connectivity index (χ3v) is 5.81. The predicted molar refractivity (Wildman–Crippen MR) is 123 cm³/mol. The van der Waals surface area contributed by atoms with E-state index in [1.54, 1.807) is 0 Å². The summed E-state index contributed by atoms with van der Waals surface area (Å²) >= 11 is 0.767. The Morgan fingerprint density at radius 1 is 1.08 bits per heavy atom. The summed E-state index contributed by atoms with van der Waals surface area (Å²) in [5.41, 5.74) is -1.60. The lowest BCUT2D eigenvalue weighted by Crippen LogP contribution is -2.33. The van der Waals surface area contributed by atoms with Gasteiger partial charge in [-0.1, -0.05) is 19.8 Å². The van der Waals surface area contributed by atoms with Gasteiger partial charge < -0.3 is 9.47 Å². The Labute approximate surface area is 207 Å². The van der Waals surface area contributed by atoms with Crippen molar-refractivity contribution in [3.05, 3.63) is 59.0 Å². The van der Waals surface area contributed by atoms with E-state index in [1.807, 2.05) is 6.92 Å². The summed E-state index contributed by atoms with van der Waals surface area (Å²) in [6.45, 7) is 2.01. The van der Waals surface area contributed by atoms with Crippen LogP contribution in [0.25, 0.3) is 11.3 Å². The number of hydrogen-bond acceptors (Lipinski definition) is 6. The Balaban J connectivity index is 2.06. The number of unbranched alkanes of at least 4 members (excludes halogenated alkanes) is 2. The number of esters is 1. The Morgan fingerprint density at radius 2 is 1.83 bits per heavy atom. The molecule has 0 saturated carbocycles. The Kier molecular flexibility index (Phi) is 8.62. The van der Waals surface area contributed by atoms with E-state index in [-0.39, 0.29) is 28.7 Å². The molecule has 0 aliphatic heterocycles. The molecular formula is C24H21F5N2O4S. The molecular weight excluding hydrogens is 507 g/mol. The number of hydrogen-bond donors (Lipinski definition) is 0. The maximum absolute atomic E-state index is 14.2. The third kappa shape index (κ3) is 6.17. The van der Waals surface area contributed by atoms with Crippen molar-refractivity contribution in [3.8, 4) is 17.0 Å². The first-order valence-corrected chi connectivity index (χ1v) is 11.6. The van der Waals surface area contributed by atoms with Gasteiger partial charge in [-0.25, -0.2) is 23.5 Å². The van der Waals surface area contributed by atoms with Crippen molar-refractivity contribution in [2.45, 2.75) is 32.4 Å². The highest BCUT2D eigenvalue weighted by atomic mass is 32.1. The molecule has 1 amide bonds. The van der Waals surface area contributed by atoms with Crippen molar-refractivity contribution in [2.24, 2.45) is 0 Å². The van der Waals surface area contributed by atoms with Crippen LogP contribution in [-0.4, -0.2) is 30.6 Å². The highest BCUT2D eigenvalue weighted by molar-refractivity contribution is 7.14. The van der Waals surface area contributed by atoms with Crippen molar-refractivity contribution in [2.75, 3.05) is 18.6 Å². The molecule has 192 valence electrons.